The van der Waals surface area contributed by atoms with Gasteiger partial charge in [0, 0.05) is 0 Å². The van der Waals surface area contributed by atoms with Crippen molar-refractivity contribution in [1.29, 1.82) is 0 Å². The molecular weight excluding hydrogens is 352 g/mol. The van der Waals surface area contributed by atoms with E-state index in [1.165, 1.54) is 49.7 Å². The fraction of sp³-hybridized carbons (Fsp3) is 0.833. The molecule has 0 fully saturated rings. The summed E-state index contributed by atoms with van der Waals surface area (Å²) in [6, 6.07) is 0. The summed E-state index contributed by atoms with van der Waals surface area (Å²) in [6.07, 6.45) is 12.4. The lowest BCUT2D eigenvalue weighted by Gasteiger charge is -2.30. The fourth-order valence-corrected chi connectivity index (χ4v) is 3.76. The average Bonchev–Trinajstić information content (AvgIpc) is 2.68. The quantitative estimate of drug-likeness (QED) is 0.195. The molecule has 0 saturated heterocycles. The van der Waals surface area contributed by atoms with Crippen LogP contribution in [-0.4, -0.2) is 25.2 Å². The van der Waals surface area contributed by atoms with Crippen LogP contribution in [0.15, 0.2) is 11.1 Å². The van der Waals surface area contributed by atoms with Gasteiger partial charge in [0.1, 0.15) is 0 Å². The van der Waals surface area contributed by atoms with Gasteiger partial charge >= 0.3 is 11.9 Å². The zero-order chi connectivity index (χ0) is 20.8. The molecule has 0 radical (unpaired) electrons. The molecule has 0 heterocycles. The Kier molecular flexibility index (Phi) is 12.9. The Labute approximate surface area is 172 Å². The molecule has 0 bridgehead atoms. The van der Waals surface area contributed by atoms with Crippen LogP contribution in [-0.2, 0) is 19.1 Å². The summed E-state index contributed by atoms with van der Waals surface area (Å²) in [7, 11) is 0. The molecule has 28 heavy (non-hydrogen) atoms. The molecule has 2 atom stereocenters. The van der Waals surface area contributed by atoms with Crippen molar-refractivity contribution in [1.82, 2.24) is 0 Å². The first-order valence-corrected chi connectivity index (χ1v) is 11.5. The van der Waals surface area contributed by atoms with Gasteiger partial charge in [0.25, 0.3) is 0 Å². The van der Waals surface area contributed by atoms with Crippen molar-refractivity contribution >= 4 is 11.9 Å². The Hall–Kier alpha value is -1.32. The van der Waals surface area contributed by atoms with Crippen LogP contribution in [0.2, 0.25) is 0 Å². The standard InChI is InChI=1S/C24H42O4/c1-5-7-9-11-13-15-27-23(25)21-17-19(3)20(4)18-22(21)24(26)28-16-14-12-10-8-6-2/h21-22H,5-18H2,1-4H3. The maximum atomic E-state index is 12.6. The molecule has 0 saturated carbocycles. The third-order valence-electron chi connectivity index (χ3n) is 5.86. The topological polar surface area (TPSA) is 52.6 Å². The van der Waals surface area contributed by atoms with E-state index in [1.54, 1.807) is 0 Å². The van der Waals surface area contributed by atoms with Gasteiger partial charge in [0.2, 0.25) is 0 Å². The maximum Gasteiger partial charge on any atom is 0.310 e. The monoisotopic (exact) mass is 394 g/mol. The minimum Gasteiger partial charge on any atom is -0.465 e. The summed E-state index contributed by atoms with van der Waals surface area (Å²) in [6.45, 7) is 9.39. The first-order valence-electron chi connectivity index (χ1n) is 11.5. The van der Waals surface area contributed by atoms with Crippen LogP contribution in [0.1, 0.15) is 105 Å². The zero-order valence-electron chi connectivity index (χ0n) is 18.7. The number of carbonyl (C=O) groups is 2. The number of carbonyl (C=O) groups excluding carboxylic acids is 2. The molecule has 1 aliphatic rings. The minimum absolute atomic E-state index is 0.229. The molecule has 0 aromatic rings. The Bertz CT molecular complexity index is 451. The van der Waals surface area contributed by atoms with Crippen LogP contribution in [0.25, 0.3) is 0 Å². The zero-order valence-corrected chi connectivity index (χ0v) is 18.7. The van der Waals surface area contributed by atoms with Crippen molar-refractivity contribution in [2.75, 3.05) is 13.2 Å². The molecule has 0 N–H and O–H groups in total. The van der Waals surface area contributed by atoms with Crippen LogP contribution in [0.3, 0.4) is 0 Å². The number of ether oxygens (including phenoxy) is 2. The third-order valence-corrected chi connectivity index (χ3v) is 5.86. The Balaban J connectivity index is 2.48. The van der Waals surface area contributed by atoms with Gasteiger partial charge in [-0.05, 0) is 39.5 Å². The van der Waals surface area contributed by atoms with E-state index in [-0.39, 0.29) is 11.9 Å². The van der Waals surface area contributed by atoms with Gasteiger partial charge < -0.3 is 9.47 Å². The molecule has 4 heteroatoms. The Morgan fingerprint density at radius 1 is 0.679 bits per heavy atom. The summed E-state index contributed by atoms with van der Waals surface area (Å²) in [5, 5.41) is 0. The van der Waals surface area contributed by atoms with E-state index in [1.807, 2.05) is 0 Å². The summed E-state index contributed by atoms with van der Waals surface area (Å²) in [5.41, 5.74) is 2.40. The molecule has 162 valence electrons. The number of allylic oxidation sites excluding steroid dienone is 2. The van der Waals surface area contributed by atoms with Crippen LogP contribution >= 0.6 is 0 Å². The highest BCUT2D eigenvalue weighted by Crippen LogP contribution is 2.35. The molecule has 1 rings (SSSR count). The van der Waals surface area contributed by atoms with Crippen molar-refractivity contribution in [3.8, 4) is 0 Å². The number of rotatable bonds is 14. The first kappa shape index (κ1) is 24.7. The van der Waals surface area contributed by atoms with Crippen molar-refractivity contribution in [3.05, 3.63) is 11.1 Å². The molecule has 0 aliphatic heterocycles. The third kappa shape index (κ3) is 9.25. The van der Waals surface area contributed by atoms with E-state index in [0.717, 1.165) is 25.7 Å². The van der Waals surface area contributed by atoms with Crippen molar-refractivity contribution in [2.24, 2.45) is 11.8 Å². The fourth-order valence-electron chi connectivity index (χ4n) is 3.76. The Morgan fingerprint density at radius 2 is 1.04 bits per heavy atom. The van der Waals surface area contributed by atoms with Crippen LogP contribution < -0.4 is 0 Å². The summed E-state index contributed by atoms with van der Waals surface area (Å²) in [5.74, 6) is -1.25. The summed E-state index contributed by atoms with van der Waals surface area (Å²) in [4.78, 5) is 25.3. The van der Waals surface area contributed by atoms with Crippen LogP contribution in [0.4, 0.5) is 0 Å². The van der Waals surface area contributed by atoms with Gasteiger partial charge in [0.15, 0.2) is 0 Å². The van der Waals surface area contributed by atoms with Crippen LogP contribution in [0.5, 0.6) is 0 Å². The second kappa shape index (κ2) is 14.6. The minimum atomic E-state index is -0.396. The molecule has 1 aliphatic carbocycles. The van der Waals surface area contributed by atoms with E-state index in [0.29, 0.717) is 26.1 Å². The van der Waals surface area contributed by atoms with Crippen molar-refractivity contribution in [3.63, 3.8) is 0 Å². The smallest absolute Gasteiger partial charge is 0.310 e. The van der Waals surface area contributed by atoms with Gasteiger partial charge in [-0.15, -0.1) is 0 Å². The Morgan fingerprint density at radius 3 is 1.39 bits per heavy atom. The predicted octanol–water partition coefficient (Wildman–Crippen LogP) is 6.38. The SMILES string of the molecule is CCCCCCCOC(=O)C1CC(C)=C(C)CC1C(=O)OCCCCCCC. The van der Waals surface area contributed by atoms with Gasteiger partial charge in [-0.25, -0.2) is 0 Å². The number of hydrogen-bond donors (Lipinski definition) is 0. The second-order valence-electron chi connectivity index (χ2n) is 8.35. The van der Waals surface area contributed by atoms with E-state index < -0.39 is 11.8 Å². The molecule has 0 aromatic carbocycles. The van der Waals surface area contributed by atoms with Gasteiger partial charge in [-0.3, -0.25) is 9.59 Å². The van der Waals surface area contributed by atoms with Crippen LogP contribution in [0, 0.1) is 11.8 Å². The maximum absolute atomic E-state index is 12.6. The molecule has 4 nitrogen and oxygen atoms in total. The largest absolute Gasteiger partial charge is 0.465 e. The van der Waals surface area contributed by atoms with E-state index in [2.05, 4.69) is 27.7 Å². The summed E-state index contributed by atoms with van der Waals surface area (Å²) < 4.78 is 11.1. The second-order valence-corrected chi connectivity index (χ2v) is 8.35. The van der Waals surface area contributed by atoms with E-state index in [9.17, 15) is 9.59 Å². The molecule has 2 unspecified atom stereocenters. The van der Waals surface area contributed by atoms with Gasteiger partial charge in [-0.1, -0.05) is 76.4 Å². The summed E-state index contributed by atoms with van der Waals surface area (Å²) >= 11 is 0. The molecular formula is C24H42O4. The number of unbranched alkanes of at least 4 members (excludes halogenated alkanes) is 8. The van der Waals surface area contributed by atoms with E-state index in [4.69, 9.17) is 9.47 Å². The molecule has 0 amide bonds. The molecule has 0 aromatic heterocycles. The molecule has 0 spiro atoms. The highest BCUT2D eigenvalue weighted by Gasteiger charge is 2.39. The van der Waals surface area contributed by atoms with E-state index >= 15 is 0 Å². The lowest BCUT2D eigenvalue weighted by molar-refractivity contribution is -0.161. The van der Waals surface area contributed by atoms with Crippen molar-refractivity contribution < 1.29 is 19.1 Å². The highest BCUT2D eigenvalue weighted by molar-refractivity contribution is 5.83. The first-order chi connectivity index (χ1) is 13.5. The van der Waals surface area contributed by atoms with Gasteiger partial charge in [0.05, 0.1) is 25.0 Å². The average molecular weight is 395 g/mol. The number of esters is 2. The number of hydrogen-bond acceptors (Lipinski definition) is 4. The highest BCUT2D eigenvalue weighted by atomic mass is 16.5. The lowest BCUT2D eigenvalue weighted by Crippen LogP contribution is -2.35. The predicted molar refractivity (Wildman–Crippen MR) is 114 cm³/mol. The normalized spacial score (nSPS) is 19.6. The van der Waals surface area contributed by atoms with Gasteiger partial charge in [-0.2, -0.15) is 0 Å². The lowest BCUT2D eigenvalue weighted by atomic mass is 9.76. The van der Waals surface area contributed by atoms with Crippen molar-refractivity contribution in [2.45, 2.75) is 105 Å².